The van der Waals surface area contributed by atoms with E-state index in [2.05, 4.69) is 10.3 Å². The first-order valence-electron chi connectivity index (χ1n) is 8.89. The standard InChI is InChI=1S/C20H20N4O3/c25-20(26)7-4-14-2-1-3-15(12-14)17-13-21-19-6-5-18(23-24(17)19)22-16-8-10-27-11-9-16/h1-7,12-13,16H,8-11H2,(H,22,23)(H,25,26). The van der Waals surface area contributed by atoms with Crippen LogP contribution in [0.2, 0.25) is 0 Å². The minimum absolute atomic E-state index is 0.361. The highest BCUT2D eigenvalue weighted by molar-refractivity contribution is 5.85. The molecule has 3 heterocycles. The van der Waals surface area contributed by atoms with Crippen LogP contribution >= 0.6 is 0 Å². The molecule has 7 nitrogen and oxygen atoms in total. The molecule has 7 heteroatoms. The van der Waals surface area contributed by atoms with E-state index in [-0.39, 0.29) is 0 Å². The maximum absolute atomic E-state index is 10.7. The van der Waals surface area contributed by atoms with Gasteiger partial charge >= 0.3 is 5.97 Å². The summed E-state index contributed by atoms with van der Waals surface area (Å²) >= 11 is 0. The Kier molecular flexibility index (Phi) is 4.84. The SMILES string of the molecule is O=C(O)C=Cc1cccc(-c2cnc3ccc(NC4CCOCC4)nn23)c1. The predicted molar refractivity (Wildman–Crippen MR) is 103 cm³/mol. The molecule has 0 spiro atoms. The average Bonchev–Trinajstić information content (AvgIpc) is 3.11. The summed E-state index contributed by atoms with van der Waals surface area (Å²) in [4.78, 5) is 15.2. The summed E-state index contributed by atoms with van der Waals surface area (Å²) in [7, 11) is 0. The molecule has 0 saturated carbocycles. The molecule has 2 aromatic heterocycles. The fraction of sp³-hybridized carbons (Fsp3) is 0.250. The van der Waals surface area contributed by atoms with E-state index in [1.807, 2.05) is 40.9 Å². The number of hydrogen-bond acceptors (Lipinski definition) is 5. The summed E-state index contributed by atoms with van der Waals surface area (Å²) in [5.74, 6) is -0.170. The lowest BCUT2D eigenvalue weighted by atomic mass is 10.1. The molecule has 27 heavy (non-hydrogen) atoms. The third-order valence-corrected chi connectivity index (χ3v) is 4.54. The number of nitrogens with one attached hydrogen (secondary N) is 1. The number of carbonyl (C=O) groups is 1. The van der Waals surface area contributed by atoms with Crippen molar-refractivity contribution in [3.8, 4) is 11.3 Å². The van der Waals surface area contributed by atoms with E-state index in [0.717, 1.165) is 60.4 Å². The van der Waals surface area contributed by atoms with Gasteiger partial charge in [0, 0.05) is 30.9 Å². The van der Waals surface area contributed by atoms with Crippen LogP contribution in [-0.2, 0) is 9.53 Å². The zero-order valence-corrected chi connectivity index (χ0v) is 14.7. The monoisotopic (exact) mass is 364 g/mol. The number of ether oxygens (including phenoxy) is 1. The number of rotatable bonds is 5. The molecule has 0 atom stereocenters. The smallest absolute Gasteiger partial charge is 0.328 e. The highest BCUT2D eigenvalue weighted by Gasteiger charge is 2.15. The summed E-state index contributed by atoms with van der Waals surface area (Å²) in [6, 6.07) is 11.9. The Labute approximate surface area is 156 Å². The molecule has 0 radical (unpaired) electrons. The molecular weight excluding hydrogens is 344 g/mol. The summed E-state index contributed by atoms with van der Waals surface area (Å²) < 4.78 is 7.21. The number of fused-ring (bicyclic) bond motifs is 1. The zero-order valence-electron chi connectivity index (χ0n) is 14.7. The van der Waals surface area contributed by atoms with E-state index >= 15 is 0 Å². The Morgan fingerprint density at radius 2 is 2.11 bits per heavy atom. The fourth-order valence-electron chi connectivity index (χ4n) is 3.17. The summed E-state index contributed by atoms with van der Waals surface area (Å²) in [5, 5.41) is 17.0. The number of imidazole rings is 1. The first kappa shape index (κ1) is 17.2. The van der Waals surface area contributed by atoms with Crippen LogP contribution in [0.1, 0.15) is 18.4 Å². The van der Waals surface area contributed by atoms with Crippen molar-refractivity contribution in [2.75, 3.05) is 18.5 Å². The molecule has 0 amide bonds. The Hall–Kier alpha value is -3.19. The van der Waals surface area contributed by atoms with Crippen LogP contribution in [0, 0.1) is 0 Å². The van der Waals surface area contributed by atoms with E-state index < -0.39 is 5.97 Å². The topological polar surface area (TPSA) is 88.8 Å². The number of carboxylic acids is 1. The second-order valence-electron chi connectivity index (χ2n) is 6.46. The van der Waals surface area contributed by atoms with Gasteiger partial charge in [-0.3, -0.25) is 0 Å². The van der Waals surface area contributed by atoms with Crippen molar-refractivity contribution in [1.29, 1.82) is 0 Å². The van der Waals surface area contributed by atoms with Crippen LogP contribution in [0.25, 0.3) is 23.0 Å². The van der Waals surface area contributed by atoms with E-state index in [4.69, 9.17) is 14.9 Å². The Morgan fingerprint density at radius 1 is 1.26 bits per heavy atom. The Balaban J connectivity index is 1.64. The van der Waals surface area contributed by atoms with E-state index in [1.165, 1.54) is 0 Å². The van der Waals surface area contributed by atoms with E-state index in [1.54, 1.807) is 12.3 Å². The lowest BCUT2D eigenvalue weighted by Crippen LogP contribution is -2.28. The van der Waals surface area contributed by atoms with Gasteiger partial charge in [-0.2, -0.15) is 0 Å². The van der Waals surface area contributed by atoms with Crippen molar-refractivity contribution >= 4 is 23.5 Å². The number of aromatic nitrogens is 3. The van der Waals surface area contributed by atoms with Crippen molar-refractivity contribution in [1.82, 2.24) is 14.6 Å². The average molecular weight is 364 g/mol. The summed E-state index contributed by atoms with van der Waals surface area (Å²) in [6.07, 6.45) is 6.41. The van der Waals surface area contributed by atoms with Gasteiger partial charge < -0.3 is 15.2 Å². The predicted octanol–water partition coefficient (Wildman–Crippen LogP) is 3.09. The molecule has 1 saturated heterocycles. The Bertz CT molecular complexity index is 990. The minimum Gasteiger partial charge on any atom is -0.478 e. The van der Waals surface area contributed by atoms with Crippen LogP contribution < -0.4 is 5.32 Å². The van der Waals surface area contributed by atoms with Crippen LogP contribution in [0.15, 0.2) is 48.7 Å². The molecule has 138 valence electrons. The van der Waals surface area contributed by atoms with E-state index in [9.17, 15) is 4.79 Å². The van der Waals surface area contributed by atoms with Gasteiger partial charge in [-0.25, -0.2) is 14.3 Å². The van der Waals surface area contributed by atoms with Gasteiger partial charge in [0.2, 0.25) is 0 Å². The lowest BCUT2D eigenvalue weighted by Gasteiger charge is -2.23. The lowest BCUT2D eigenvalue weighted by molar-refractivity contribution is -0.131. The van der Waals surface area contributed by atoms with Crippen molar-refractivity contribution < 1.29 is 14.6 Å². The summed E-state index contributed by atoms with van der Waals surface area (Å²) in [6.45, 7) is 1.54. The fourth-order valence-corrected chi connectivity index (χ4v) is 3.17. The van der Waals surface area contributed by atoms with Gasteiger partial charge in [-0.1, -0.05) is 18.2 Å². The molecule has 1 aliphatic rings. The van der Waals surface area contributed by atoms with Gasteiger partial charge in [0.05, 0.1) is 11.9 Å². The molecule has 0 bridgehead atoms. The van der Waals surface area contributed by atoms with E-state index in [0.29, 0.717) is 6.04 Å². The van der Waals surface area contributed by atoms with Crippen LogP contribution in [0.4, 0.5) is 5.82 Å². The van der Waals surface area contributed by atoms with Gasteiger partial charge in [0.25, 0.3) is 0 Å². The van der Waals surface area contributed by atoms with Gasteiger partial charge in [-0.05, 0) is 42.7 Å². The molecule has 4 rings (SSSR count). The molecule has 0 aliphatic carbocycles. The van der Waals surface area contributed by atoms with Gasteiger partial charge in [-0.15, -0.1) is 5.10 Å². The highest BCUT2D eigenvalue weighted by Crippen LogP contribution is 2.23. The maximum Gasteiger partial charge on any atom is 0.328 e. The largest absolute Gasteiger partial charge is 0.478 e. The molecule has 1 fully saturated rings. The number of carboxylic acid groups (broad SMARTS) is 1. The van der Waals surface area contributed by atoms with Gasteiger partial charge in [0.15, 0.2) is 5.65 Å². The zero-order chi connectivity index (χ0) is 18.6. The highest BCUT2D eigenvalue weighted by atomic mass is 16.5. The first-order chi connectivity index (χ1) is 13.2. The molecular formula is C20H20N4O3. The summed E-state index contributed by atoms with van der Waals surface area (Å²) in [5.41, 5.74) is 3.34. The maximum atomic E-state index is 10.7. The number of hydrogen-bond donors (Lipinski definition) is 2. The molecule has 2 N–H and O–H groups in total. The third-order valence-electron chi connectivity index (χ3n) is 4.54. The number of benzene rings is 1. The first-order valence-corrected chi connectivity index (χ1v) is 8.89. The molecule has 0 unspecified atom stereocenters. The molecule has 1 aromatic carbocycles. The van der Waals surface area contributed by atoms with Crippen molar-refractivity contribution in [3.63, 3.8) is 0 Å². The molecule has 3 aromatic rings. The Morgan fingerprint density at radius 3 is 2.93 bits per heavy atom. The normalized spacial score (nSPS) is 15.4. The van der Waals surface area contributed by atoms with Crippen LogP contribution in [0.3, 0.4) is 0 Å². The van der Waals surface area contributed by atoms with Crippen LogP contribution in [0.5, 0.6) is 0 Å². The van der Waals surface area contributed by atoms with Gasteiger partial charge in [0.1, 0.15) is 5.82 Å². The molecule has 1 aliphatic heterocycles. The van der Waals surface area contributed by atoms with Crippen LogP contribution in [-0.4, -0.2) is 44.9 Å². The second-order valence-corrected chi connectivity index (χ2v) is 6.46. The number of aliphatic carboxylic acids is 1. The number of anilines is 1. The van der Waals surface area contributed by atoms with Crippen molar-refractivity contribution in [2.45, 2.75) is 18.9 Å². The second kappa shape index (κ2) is 7.59. The third kappa shape index (κ3) is 3.98. The van der Waals surface area contributed by atoms with Crippen molar-refractivity contribution in [2.24, 2.45) is 0 Å². The minimum atomic E-state index is -0.972. The number of nitrogens with zero attached hydrogens (tertiary/aromatic N) is 3. The van der Waals surface area contributed by atoms with Crippen molar-refractivity contribution in [3.05, 3.63) is 54.2 Å². The quantitative estimate of drug-likeness (QED) is 0.677.